The SMILES string of the molecule is CCN(C(=O)CNCC(=O)O)C1=CCCC1. The Balaban J connectivity index is 2.40. The highest BCUT2D eigenvalue weighted by molar-refractivity contribution is 5.80. The molecular weight excluding hydrogens is 208 g/mol. The van der Waals surface area contributed by atoms with Crippen LogP contribution in [0, 0.1) is 0 Å². The van der Waals surface area contributed by atoms with Gasteiger partial charge in [0.25, 0.3) is 0 Å². The maximum atomic E-state index is 11.8. The van der Waals surface area contributed by atoms with Crippen LogP contribution in [0.3, 0.4) is 0 Å². The summed E-state index contributed by atoms with van der Waals surface area (Å²) in [6.45, 7) is 2.47. The molecule has 1 aliphatic carbocycles. The fourth-order valence-corrected chi connectivity index (χ4v) is 1.81. The number of rotatable bonds is 6. The standard InChI is InChI=1S/C11H18N2O3/c1-2-13(9-5-3-4-6-9)10(14)7-12-8-11(15)16/h5,12H,2-4,6-8H2,1H3,(H,15,16). The number of carboxylic acid groups (broad SMARTS) is 1. The second-order valence-corrected chi connectivity index (χ2v) is 3.72. The van der Waals surface area contributed by atoms with Crippen LogP contribution in [0.1, 0.15) is 26.2 Å². The monoisotopic (exact) mass is 226 g/mol. The summed E-state index contributed by atoms with van der Waals surface area (Å²) < 4.78 is 0. The topological polar surface area (TPSA) is 69.6 Å². The average molecular weight is 226 g/mol. The molecule has 0 bridgehead atoms. The van der Waals surface area contributed by atoms with E-state index in [4.69, 9.17) is 5.11 Å². The van der Waals surface area contributed by atoms with Crippen molar-refractivity contribution in [1.82, 2.24) is 10.2 Å². The van der Waals surface area contributed by atoms with Gasteiger partial charge in [0.1, 0.15) is 0 Å². The van der Waals surface area contributed by atoms with Crippen molar-refractivity contribution in [2.45, 2.75) is 26.2 Å². The molecule has 0 heterocycles. The highest BCUT2D eigenvalue weighted by Crippen LogP contribution is 2.21. The minimum absolute atomic E-state index is 0.0584. The molecule has 0 atom stereocenters. The fraction of sp³-hybridized carbons (Fsp3) is 0.636. The van der Waals surface area contributed by atoms with E-state index in [1.54, 1.807) is 4.90 Å². The molecule has 0 unspecified atom stereocenters. The van der Waals surface area contributed by atoms with E-state index in [2.05, 4.69) is 11.4 Å². The van der Waals surface area contributed by atoms with Crippen LogP contribution in [0.2, 0.25) is 0 Å². The maximum absolute atomic E-state index is 11.8. The van der Waals surface area contributed by atoms with Gasteiger partial charge in [-0.25, -0.2) is 0 Å². The summed E-state index contributed by atoms with van der Waals surface area (Å²) in [5, 5.41) is 11.0. The second-order valence-electron chi connectivity index (χ2n) is 3.72. The van der Waals surface area contributed by atoms with Crippen LogP contribution in [0.25, 0.3) is 0 Å². The molecule has 90 valence electrons. The summed E-state index contributed by atoms with van der Waals surface area (Å²) in [6.07, 6.45) is 5.15. The number of carboxylic acids is 1. The van der Waals surface area contributed by atoms with Crippen molar-refractivity contribution in [3.05, 3.63) is 11.8 Å². The van der Waals surface area contributed by atoms with Crippen LogP contribution in [-0.4, -0.2) is 41.5 Å². The molecule has 0 saturated heterocycles. The maximum Gasteiger partial charge on any atom is 0.317 e. The van der Waals surface area contributed by atoms with E-state index in [9.17, 15) is 9.59 Å². The van der Waals surface area contributed by atoms with Gasteiger partial charge >= 0.3 is 5.97 Å². The molecule has 1 amide bonds. The molecule has 0 aromatic heterocycles. The lowest BCUT2D eigenvalue weighted by molar-refractivity contribution is -0.136. The number of hydrogen-bond acceptors (Lipinski definition) is 3. The lowest BCUT2D eigenvalue weighted by atomic mass is 10.3. The van der Waals surface area contributed by atoms with Gasteiger partial charge in [0.15, 0.2) is 0 Å². The third-order valence-electron chi connectivity index (χ3n) is 2.53. The number of amides is 1. The third-order valence-corrected chi connectivity index (χ3v) is 2.53. The molecular formula is C11H18N2O3. The van der Waals surface area contributed by atoms with Gasteiger partial charge in [-0.1, -0.05) is 6.08 Å². The average Bonchev–Trinajstić information content (AvgIpc) is 2.71. The zero-order valence-electron chi connectivity index (χ0n) is 9.53. The van der Waals surface area contributed by atoms with Gasteiger partial charge in [-0.05, 0) is 26.2 Å². The lowest BCUT2D eigenvalue weighted by Crippen LogP contribution is -2.38. The highest BCUT2D eigenvalue weighted by Gasteiger charge is 2.18. The van der Waals surface area contributed by atoms with Gasteiger partial charge in [-0.2, -0.15) is 0 Å². The number of carbonyl (C=O) groups excluding carboxylic acids is 1. The number of nitrogens with one attached hydrogen (secondary N) is 1. The molecule has 0 aromatic carbocycles. The predicted molar refractivity (Wildman–Crippen MR) is 59.8 cm³/mol. The van der Waals surface area contributed by atoms with Crippen molar-refractivity contribution in [3.63, 3.8) is 0 Å². The Morgan fingerprint density at radius 2 is 2.25 bits per heavy atom. The van der Waals surface area contributed by atoms with Crippen LogP contribution in [-0.2, 0) is 9.59 Å². The van der Waals surface area contributed by atoms with Gasteiger partial charge in [-0.15, -0.1) is 0 Å². The van der Waals surface area contributed by atoms with Gasteiger partial charge in [-0.3, -0.25) is 14.9 Å². The van der Waals surface area contributed by atoms with Gasteiger partial charge in [0.2, 0.25) is 5.91 Å². The number of nitrogens with zero attached hydrogens (tertiary/aromatic N) is 1. The molecule has 1 aliphatic rings. The van der Waals surface area contributed by atoms with Gasteiger partial charge < -0.3 is 10.0 Å². The van der Waals surface area contributed by atoms with Gasteiger partial charge in [0, 0.05) is 12.2 Å². The van der Waals surface area contributed by atoms with Crippen LogP contribution in [0.4, 0.5) is 0 Å². The van der Waals surface area contributed by atoms with E-state index in [0.29, 0.717) is 6.54 Å². The van der Waals surface area contributed by atoms with Gasteiger partial charge in [0.05, 0.1) is 13.1 Å². The van der Waals surface area contributed by atoms with Crippen molar-refractivity contribution in [2.75, 3.05) is 19.6 Å². The Hall–Kier alpha value is -1.36. The Kier molecular flexibility index (Phi) is 4.98. The molecule has 0 fully saturated rings. The Labute approximate surface area is 95.1 Å². The first-order valence-corrected chi connectivity index (χ1v) is 5.57. The third kappa shape index (κ3) is 3.66. The van der Waals surface area contributed by atoms with Crippen molar-refractivity contribution >= 4 is 11.9 Å². The Bertz CT molecular complexity index is 300. The predicted octanol–water partition coefficient (Wildman–Crippen LogP) is 0.577. The number of hydrogen-bond donors (Lipinski definition) is 2. The summed E-state index contributed by atoms with van der Waals surface area (Å²) in [4.78, 5) is 23.8. The number of aliphatic carboxylic acids is 1. The summed E-state index contributed by atoms with van der Waals surface area (Å²) in [5.41, 5.74) is 1.07. The van der Waals surface area contributed by atoms with Crippen molar-refractivity contribution < 1.29 is 14.7 Å². The van der Waals surface area contributed by atoms with Crippen molar-refractivity contribution in [1.29, 1.82) is 0 Å². The molecule has 5 heteroatoms. The van der Waals surface area contributed by atoms with E-state index in [1.807, 2.05) is 6.92 Å². The summed E-state index contributed by atoms with van der Waals surface area (Å²) >= 11 is 0. The number of allylic oxidation sites excluding steroid dienone is 2. The summed E-state index contributed by atoms with van der Waals surface area (Å²) in [5.74, 6) is -1.01. The lowest BCUT2D eigenvalue weighted by Gasteiger charge is -2.22. The molecule has 0 aromatic rings. The summed E-state index contributed by atoms with van der Waals surface area (Å²) in [6, 6.07) is 0. The Morgan fingerprint density at radius 3 is 2.75 bits per heavy atom. The molecule has 16 heavy (non-hydrogen) atoms. The molecule has 0 aliphatic heterocycles. The molecule has 2 N–H and O–H groups in total. The fourth-order valence-electron chi connectivity index (χ4n) is 1.81. The smallest absolute Gasteiger partial charge is 0.317 e. The highest BCUT2D eigenvalue weighted by atomic mass is 16.4. The zero-order valence-corrected chi connectivity index (χ0v) is 9.53. The Morgan fingerprint density at radius 1 is 1.50 bits per heavy atom. The second kappa shape index (κ2) is 6.27. The summed E-state index contributed by atoms with van der Waals surface area (Å²) in [7, 11) is 0. The van der Waals surface area contributed by atoms with Crippen molar-refractivity contribution in [3.8, 4) is 0 Å². The van der Waals surface area contributed by atoms with E-state index in [-0.39, 0.29) is 19.0 Å². The minimum Gasteiger partial charge on any atom is -0.480 e. The van der Waals surface area contributed by atoms with E-state index >= 15 is 0 Å². The first-order valence-electron chi connectivity index (χ1n) is 5.57. The molecule has 0 radical (unpaired) electrons. The quantitative estimate of drug-likeness (QED) is 0.695. The van der Waals surface area contributed by atoms with E-state index in [0.717, 1.165) is 25.0 Å². The first kappa shape index (κ1) is 12.7. The zero-order chi connectivity index (χ0) is 12.0. The first-order chi connectivity index (χ1) is 7.65. The van der Waals surface area contributed by atoms with Crippen LogP contribution >= 0.6 is 0 Å². The number of carbonyl (C=O) groups is 2. The van der Waals surface area contributed by atoms with Crippen LogP contribution < -0.4 is 5.32 Å². The largest absolute Gasteiger partial charge is 0.480 e. The van der Waals surface area contributed by atoms with Crippen LogP contribution in [0.15, 0.2) is 11.8 Å². The van der Waals surface area contributed by atoms with E-state index < -0.39 is 5.97 Å². The van der Waals surface area contributed by atoms with Crippen LogP contribution in [0.5, 0.6) is 0 Å². The molecule has 0 saturated carbocycles. The minimum atomic E-state index is -0.948. The van der Waals surface area contributed by atoms with Crippen molar-refractivity contribution in [2.24, 2.45) is 0 Å². The normalized spacial score (nSPS) is 14.7. The molecule has 5 nitrogen and oxygen atoms in total. The molecule has 1 rings (SSSR count). The number of likely N-dealkylation sites (N-methyl/N-ethyl adjacent to an activating group) is 1. The molecule has 0 spiro atoms. The van der Waals surface area contributed by atoms with E-state index in [1.165, 1.54) is 0 Å².